The van der Waals surface area contributed by atoms with Crippen molar-refractivity contribution < 1.29 is 15.0 Å². The Morgan fingerprint density at radius 1 is 1.24 bits per heavy atom. The van der Waals surface area contributed by atoms with Crippen LogP contribution >= 0.6 is 0 Å². The molecule has 1 saturated carbocycles. The highest BCUT2D eigenvalue weighted by Gasteiger charge is 2.26. The number of benzene rings is 1. The van der Waals surface area contributed by atoms with Gasteiger partial charge in [0.15, 0.2) is 0 Å². The Morgan fingerprint density at radius 2 is 2.00 bits per heavy atom. The van der Waals surface area contributed by atoms with Crippen molar-refractivity contribution in [2.75, 3.05) is 0 Å². The van der Waals surface area contributed by atoms with Gasteiger partial charge in [-0.2, -0.15) is 0 Å². The second kappa shape index (κ2) is 5.37. The van der Waals surface area contributed by atoms with Crippen LogP contribution in [-0.4, -0.2) is 31.8 Å². The average Bonchev–Trinajstić information content (AvgIpc) is 2.62. The molecule has 1 heterocycles. The van der Waals surface area contributed by atoms with Crippen molar-refractivity contribution in [2.24, 2.45) is 0 Å². The summed E-state index contributed by atoms with van der Waals surface area (Å²) in [5.74, 6) is -1.03. The van der Waals surface area contributed by atoms with E-state index in [1.807, 2.05) is 0 Å². The molecule has 112 valence electrons. The monoisotopic (exact) mass is 290 g/mol. The molecule has 2 aromatic rings. The minimum atomic E-state index is -1.03. The number of carbonyl (C=O) groups is 1. The fourth-order valence-corrected chi connectivity index (χ4v) is 3.15. The van der Waals surface area contributed by atoms with Crippen molar-refractivity contribution in [2.45, 2.75) is 44.2 Å². The van der Waals surface area contributed by atoms with Gasteiger partial charge in [0.05, 0.1) is 28.7 Å². The van der Waals surface area contributed by atoms with Crippen LogP contribution in [0.4, 0.5) is 0 Å². The van der Waals surface area contributed by atoms with Crippen molar-refractivity contribution in [3.05, 3.63) is 34.2 Å². The summed E-state index contributed by atoms with van der Waals surface area (Å²) in [6, 6.07) is 4.26. The van der Waals surface area contributed by atoms with Crippen LogP contribution in [0.1, 0.15) is 48.5 Å². The molecule has 21 heavy (non-hydrogen) atoms. The zero-order chi connectivity index (χ0) is 15.0. The molecule has 0 saturated heterocycles. The fourth-order valence-electron chi connectivity index (χ4n) is 3.15. The number of carboxylic acid groups (broad SMARTS) is 1. The summed E-state index contributed by atoms with van der Waals surface area (Å²) in [4.78, 5) is 26.1. The van der Waals surface area contributed by atoms with Gasteiger partial charge in [-0.05, 0) is 31.0 Å². The van der Waals surface area contributed by atoms with Crippen LogP contribution in [0.15, 0.2) is 23.0 Å². The lowest BCUT2D eigenvalue weighted by atomic mass is 10.1. The van der Waals surface area contributed by atoms with Crippen molar-refractivity contribution in [3.8, 4) is 0 Å². The van der Waals surface area contributed by atoms with Gasteiger partial charge >= 0.3 is 11.7 Å². The maximum absolute atomic E-state index is 12.2. The summed E-state index contributed by atoms with van der Waals surface area (Å²) < 4.78 is 1.53. The highest BCUT2D eigenvalue weighted by Crippen LogP contribution is 2.29. The molecule has 1 aromatic carbocycles. The Morgan fingerprint density at radius 3 is 2.76 bits per heavy atom. The number of hydrogen-bond donors (Lipinski definition) is 3. The van der Waals surface area contributed by atoms with Crippen molar-refractivity contribution >= 4 is 17.0 Å². The van der Waals surface area contributed by atoms with Gasteiger partial charge in [0.2, 0.25) is 0 Å². The Hall–Kier alpha value is -2.08. The summed E-state index contributed by atoms with van der Waals surface area (Å²) in [5.41, 5.74) is 0.990. The highest BCUT2D eigenvalue weighted by molar-refractivity contribution is 5.92. The van der Waals surface area contributed by atoms with Gasteiger partial charge in [-0.25, -0.2) is 9.59 Å². The summed E-state index contributed by atoms with van der Waals surface area (Å²) in [6.07, 6.45) is 3.78. The fraction of sp³-hybridized carbons (Fsp3) is 0.467. The zero-order valence-electron chi connectivity index (χ0n) is 11.6. The quantitative estimate of drug-likeness (QED) is 0.736. The summed E-state index contributed by atoms with van der Waals surface area (Å²) in [7, 11) is 0. The second-order valence-electron chi connectivity index (χ2n) is 5.61. The van der Waals surface area contributed by atoms with E-state index in [1.54, 1.807) is 6.07 Å². The molecule has 6 nitrogen and oxygen atoms in total. The van der Waals surface area contributed by atoms with Gasteiger partial charge in [-0.1, -0.05) is 19.3 Å². The number of aromatic amines is 1. The highest BCUT2D eigenvalue weighted by atomic mass is 16.4. The van der Waals surface area contributed by atoms with Crippen LogP contribution in [0.25, 0.3) is 11.0 Å². The molecule has 0 aliphatic heterocycles. The third kappa shape index (κ3) is 2.47. The number of hydrogen-bond acceptors (Lipinski definition) is 3. The minimum Gasteiger partial charge on any atom is -0.478 e. The summed E-state index contributed by atoms with van der Waals surface area (Å²) in [5, 5.41) is 19.4. The Balaban J connectivity index is 2.15. The van der Waals surface area contributed by atoms with E-state index in [0.29, 0.717) is 17.5 Å². The molecule has 1 aromatic heterocycles. The molecule has 2 atom stereocenters. The number of carboxylic acids is 1. The molecule has 1 fully saturated rings. The first-order valence-electron chi connectivity index (χ1n) is 7.23. The molecular formula is C15H18N2O4. The average molecular weight is 290 g/mol. The summed E-state index contributed by atoms with van der Waals surface area (Å²) in [6.45, 7) is 0. The molecule has 0 radical (unpaired) electrons. The lowest BCUT2D eigenvalue weighted by molar-refractivity contribution is 0.0697. The first kappa shape index (κ1) is 13.9. The van der Waals surface area contributed by atoms with Gasteiger partial charge < -0.3 is 15.2 Å². The number of H-pyrrole nitrogens is 1. The number of aliphatic hydroxyl groups is 1. The zero-order valence-corrected chi connectivity index (χ0v) is 11.6. The molecule has 2 unspecified atom stereocenters. The minimum absolute atomic E-state index is 0.137. The summed E-state index contributed by atoms with van der Waals surface area (Å²) >= 11 is 0. The van der Waals surface area contributed by atoms with Gasteiger partial charge in [0, 0.05) is 0 Å². The largest absolute Gasteiger partial charge is 0.478 e. The third-order valence-corrected chi connectivity index (χ3v) is 4.24. The van der Waals surface area contributed by atoms with Crippen LogP contribution in [0.5, 0.6) is 0 Å². The van der Waals surface area contributed by atoms with Crippen LogP contribution < -0.4 is 5.69 Å². The van der Waals surface area contributed by atoms with Crippen molar-refractivity contribution in [1.29, 1.82) is 0 Å². The Labute approximate surface area is 121 Å². The molecule has 6 heteroatoms. The SMILES string of the molecule is O=C(O)c1ccc2[nH]c(=O)n(C3CCCCCC3O)c2c1. The first-order valence-corrected chi connectivity index (χ1v) is 7.23. The number of nitrogens with zero attached hydrogens (tertiary/aromatic N) is 1. The molecular weight excluding hydrogens is 272 g/mol. The van der Waals surface area contributed by atoms with E-state index in [-0.39, 0.29) is 17.3 Å². The Kier molecular flexibility index (Phi) is 3.55. The van der Waals surface area contributed by atoms with Crippen LogP contribution in [0, 0.1) is 0 Å². The third-order valence-electron chi connectivity index (χ3n) is 4.24. The van der Waals surface area contributed by atoms with E-state index in [9.17, 15) is 14.7 Å². The topological polar surface area (TPSA) is 95.3 Å². The smallest absolute Gasteiger partial charge is 0.335 e. The number of imidazole rings is 1. The molecule has 0 spiro atoms. The number of fused-ring (bicyclic) bond motifs is 1. The van der Waals surface area contributed by atoms with E-state index in [0.717, 1.165) is 25.7 Å². The van der Waals surface area contributed by atoms with E-state index >= 15 is 0 Å². The van der Waals surface area contributed by atoms with E-state index in [1.165, 1.54) is 16.7 Å². The van der Waals surface area contributed by atoms with Crippen LogP contribution in [0.3, 0.4) is 0 Å². The molecule has 1 aliphatic carbocycles. The van der Waals surface area contributed by atoms with Crippen molar-refractivity contribution in [3.63, 3.8) is 0 Å². The van der Waals surface area contributed by atoms with E-state index in [4.69, 9.17) is 5.11 Å². The van der Waals surface area contributed by atoms with Gasteiger partial charge in [0.25, 0.3) is 0 Å². The van der Waals surface area contributed by atoms with Gasteiger partial charge in [-0.15, -0.1) is 0 Å². The molecule has 0 bridgehead atoms. The van der Waals surface area contributed by atoms with Crippen LogP contribution in [0.2, 0.25) is 0 Å². The maximum atomic E-state index is 12.2. The predicted octanol–water partition coefficient (Wildman–Crippen LogP) is 1.89. The number of nitrogens with one attached hydrogen (secondary N) is 1. The van der Waals surface area contributed by atoms with Gasteiger partial charge in [-0.3, -0.25) is 4.57 Å². The van der Waals surface area contributed by atoms with Crippen molar-refractivity contribution in [1.82, 2.24) is 9.55 Å². The number of aromatic nitrogens is 2. The first-order chi connectivity index (χ1) is 10.1. The molecule has 0 amide bonds. The lowest BCUT2D eigenvalue weighted by Crippen LogP contribution is -2.30. The maximum Gasteiger partial charge on any atom is 0.335 e. The van der Waals surface area contributed by atoms with Gasteiger partial charge in [0.1, 0.15) is 0 Å². The Bertz CT molecular complexity index is 731. The van der Waals surface area contributed by atoms with E-state index in [2.05, 4.69) is 4.98 Å². The second-order valence-corrected chi connectivity index (χ2v) is 5.61. The number of aliphatic hydroxyl groups excluding tert-OH is 1. The molecule has 3 rings (SSSR count). The van der Waals surface area contributed by atoms with Crippen LogP contribution in [-0.2, 0) is 0 Å². The normalized spacial score (nSPS) is 23.1. The van der Waals surface area contributed by atoms with E-state index < -0.39 is 12.1 Å². The molecule has 3 N–H and O–H groups in total. The number of rotatable bonds is 2. The predicted molar refractivity (Wildman–Crippen MR) is 77.6 cm³/mol. The standard InChI is InChI=1S/C15H18N2O4/c18-13-5-3-1-2-4-11(13)17-12-8-9(14(19)20)6-7-10(12)16-15(17)21/h6-8,11,13,18H,1-5H2,(H,16,21)(H,19,20). The lowest BCUT2D eigenvalue weighted by Gasteiger charge is -2.21. The number of aromatic carboxylic acids is 1. The molecule has 1 aliphatic rings.